The summed E-state index contributed by atoms with van der Waals surface area (Å²) in [4.78, 5) is 27.4. The van der Waals surface area contributed by atoms with Gasteiger partial charge in [-0.15, -0.1) is 0 Å². The highest BCUT2D eigenvalue weighted by Crippen LogP contribution is 2.24. The van der Waals surface area contributed by atoms with E-state index >= 15 is 0 Å². The smallest absolute Gasteiger partial charge is 0.326 e. The molecule has 0 aliphatic carbocycles. The molecule has 2 rings (SSSR count). The minimum absolute atomic E-state index is 0.130. The minimum Gasteiger partial charge on any atom is -0.480 e. The largest absolute Gasteiger partial charge is 0.480 e. The highest BCUT2D eigenvalue weighted by atomic mass is 16.4. The van der Waals surface area contributed by atoms with Crippen LogP contribution in [-0.2, 0) is 16.0 Å². The van der Waals surface area contributed by atoms with Gasteiger partial charge in [-0.05, 0) is 12.8 Å². The SMILES string of the molecule is Cc1nc(CCC(=O)NC(C(=O)O)C(C)C)oc1-c1ccccc1. The maximum atomic E-state index is 12.0. The number of amides is 1. The zero-order valence-corrected chi connectivity index (χ0v) is 14.1. The number of rotatable bonds is 7. The van der Waals surface area contributed by atoms with Gasteiger partial charge in [-0.1, -0.05) is 44.2 Å². The quantitative estimate of drug-likeness (QED) is 0.814. The summed E-state index contributed by atoms with van der Waals surface area (Å²) in [5, 5.41) is 11.6. The maximum Gasteiger partial charge on any atom is 0.326 e. The Morgan fingerprint density at radius 2 is 1.92 bits per heavy atom. The third kappa shape index (κ3) is 4.44. The Kier molecular flexibility index (Phi) is 5.73. The molecule has 0 spiro atoms. The highest BCUT2D eigenvalue weighted by Gasteiger charge is 2.23. The van der Waals surface area contributed by atoms with Crippen LogP contribution in [0, 0.1) is 12.8 Å². The average Bonchev–Trinajstić information content (AvgIpc) is 2.92. The summed E-state index contributed by atoms with van der Waals surface area (Å²) in [6.45, 7) is 5.36. The molecule has 1 unspecified atom stereocenters. The number of hydrogen-bond acceptors (Lipinski definition) is 4. The summed E-state index contributed by atoms with van der Waals surface area (Å²) in [6, 6.07) is 8.75. The summed E-state index contributed by atoms with van der Waals surface area (Å²) in [6.07, 6.45) is 0.453. The lowest BCUT2D eigenvalue weighted by atomic mass is 10.0. The summed E-state index contributed by atoms with van der Waals surface area (Å²) < 4.78 is 5.74. The predicted octanol–water partition coefficient (Wildman–Crippen LogP) is 2.81. The standard InChI is InChI=1S/C18H22N2O4/c1-11(2)16(18(22)23)20-14(21)9-10-15-19-12(3)17(24-15)13-7-5-4-6-8-13/h4-8,11,16H,9-10H2,1-3H3,(H,20,21)(H,22,23). The van der Waals surface area contributed by atoms with E-state index < -0.39 is 12.0 Å². The number of carbonyl (C=O) groups is 2. The van der Waals surface area contributed by atoms with Crippen molar-refractivity contribution in [1.82, 2.24) is 10.3 Å². The van der Waals surface area contributed by atoms with Crippen molar-refractivity contribution in [3.8, 4) is 11.3 Å². The normalized spacial score (nSPS) is 12.2. The number of oxazole rings is 1. The van der Waals surface area contributed by atoms with Gasteiger partial charge in [-0.2, -0.15) is 0 Å². The van der Waals surface area contributed by atoms with Crippen molar-refractivity contribution in [1.29, 1.82) is 0 Å². The molecule has 0 fully saturated rings. The van der Waals surface area contributed by atoms with Crippen LogP contribution in [0.15, 0.2) is 34.7 Å². The van der Waals surface area contributed by atoms with Gasteiger partial charge in [0, 0.05) is 18.4 Å². The second-order valence-corrected chi connectivity index (χ2v) is 6.02. The molecule has 1 heterocycles. The predicted molar refractivity (Wildman–Crippen MR) is 89.4 cm³/mol. The third-order valence-electron chi connectivity index (χ3n) is 3.69. The van der Waals surface area contributed by atoms with E-state index in [0.29, 0.717) is 18.1 Å². The molecule has 2 aromatic rings. The Labute approximate surface area is 140 Å². The molecule has 0 saturated carbocycles. The van der Waals surface area contributed by atoms with Crippen molar-refractivity contribution in [3.63, 3.8) is 0 Å². The third-order valence-corrected chi connectivity index (χ3v) is 3.69. The van der Waals surface area contributed by atoms with Crippen LogP contribution in [0.3, 0.4) is 0 Å². The second-order valence-electron chi connectivity index (χ2n) is 6.02. The average molecular weight is 330 g/mol. The molecule has 0 aliphatic heterocycles. The molecule has 2 N–H and O–H groups in total. The first-order chi connectivity index (χ1) is 11.4. The lowest BCUT2D eigenvalue weighted by Crippen LogP contribution is -2.44. The topological polar surface area (TPSA) is 92.4 Å². The first-order valence-corrected chi connectivity index (χ1v) is 7.92. The number of aromatic nitrogens is 1. The van der Waals surface area contributed by atoms with Crippen LogP contribution >= 0.6 is 0 Å². The molecule has 0 saturated heterocycles. The van der Waals surface area contributed by atoms with Crippen LogP contribution in [0.1, 0.15) is 31.9 Å². The number of nitrogens with one attached hydrogen (secondary N) is 1. The van der Waals surface area contributed by atoms with E-state index in [1.807, 2.05) is 37.3 Å². The fourth-order valence-corrected chi connectivity index (χ4v) is 2.40. The molecular weight excluding hydrogens is 308 g/mol. The number of carboxylic acids is 1. The maximum absolute atomic E-state index is 12.0. The number of carboxylic acid groups (broad SMARTS) is 1. The van der Waals surface area contributed by atoms with E-state index in [1.165, 1.54) is 0 Å². The minimum atomic E-state index is -1.03. The Balaban J connectivity index is 1.98. The molecule has 1 aromatic heterocycles. The number of aryl methyl sites for hydroxylation is 2. The van der Waals surface area contributed by atoms with E-state index in [-0.39, 0.29) is 18.2 Å². The van der Waals surface area contributed by atoms with E-state index in [0.717, 1.165) is 11.3 Å². The lowest BCUT2D eigenvalue weighted by Gasteiger charge is -2.17. The summed E-state index contributed by atoms with van der Waals surface area (Å²) in [7, 11) is 0. The van der Waals surface area contributed by atoms with Crippen molar-refractivity contribution in [2.24, 2.45) is 5.92 Å². The van der Waals surface area contributed by atoms with Crippen molar-refractivity contribution in [2.45, 2.75) is 39.7 Å². The van der Waals surface area contributed by atoms with Gasteiger partial charge >= 0.3 is 5.97 Å². The van der Waals surface area contributed by atoms with Crippen molar-refractivity contribution in [2.75, 3.05) is 0 Å². The van der Waals surface area contributed by atoms with Gasteiger partial charge < -0.3 is 14.8 Å². The molecular formula is C18H22N2O4. The van der Waals surface area contributed by atoms with E-state index in [4.69, 9.17) is 9.52 Å². The van der Waals surface area contributed by atoms with Crippen molar-refractivity contribution < 1.29 is 19.1 Å². The Morgan fingerprint density at radius 1 is 1.25 bits per heavy atom. The van der Waals surface area contributed by atoms with Crippen LogP contribution in [0.5, 0.6) is 0 Å². The molecule has 0 bridgehead atoms. The van der Waals surface area contributed by atoms with Crippen LogP contribution in [0.2, 0.25) is 0 Å². The van der Waals surface area contributed by atoms with Gasteiger partial charge in [0.2, 0.25) is 5.91 Å². The van der Waals surface area contributed by atoms with Gasteiger partial charge in [0.15, 0.2) is 11.7 Å². The molecule has 128 valence electrons. The Bertz CT molecular complexity index is 707. The number of benzene rings is 1. The van der Waals surface area contributed by atoms with Crippen LogP contribution in [0.4, 0.5) is 0 Å². The zero-order chi connectivity index (χ0) is 17.7. The van der Waals surface area contributed by atoms with E-state index in [1.54, 1.807) is 13.8 Å². The van der Waals surface area contributed by atoms with Crippen LogP contribution in [0.25, 0.3) is 11.3 Å². The number of aliphatic carboxylic acids is 1. The van der Waals surface area contributed by atoms with Crippen LogP contribution in [-0.4, -0.2) is 28.0 Å². The monoisotopic (exact) mass is 330 g/mol. The van der Waals surface area contributed by atoms with E-state index in [2.05, 4.69) is 10.3 Å². The molecule has 1 amide bonds. The highest BCUT2D eigenvalue weighted by molar-refractivity contribution is 5.83. The van der Waals surface area contributed by atoms with Crippen LogP contribution < -0.4 is 5.32 Å². The van der Waals surface area contributed by atoms with E-state index in [9.17, 15) is 9.59 Å². The lowest BCUT2D eigenvalue weighted by molar-refractivity contribution is -0.143. The number of nitrogens with zero attached hydrogens (tertiary/aromatic N) is 1. The Morgan fingerprint density at radius 3 is 2.50 bits per heavy atom. The van der Waals surface area contributed by atoms with Gasteiger partial charge in [-0.25, -0.2) is 9.78 Å². The fourth-order valence-electron chi connectivity index (χ4n) is 2.40. The molecule has 24 heavy (non-hydrogen) atoms. The fraction of sp³-hybridized carbons (Fsp3) is 0.389. The molecule has 0 radical (unpaired) electrons. The molecule has 6 heteroatoms. The number of carbonyl (C=O) groups excluding carboxylic acids is 1. The molecule has 1 aromatic carbocycles. The summed E-state index contributed by atoms with van der Waals surface area (Å²) in [5.74, 6) is -0.375. The molecule has 1 atom stereocenters. The zero-order valence-electron chi connectivity index (χ0n) is 14.1. The number of hydrogen-bond donors (Lipinski definition) is 2. The first kappa shape index (κ1) is 17.7. The second kappa shape index (κ2) is 7.77. The van der Waals surface area contributed by atoms with Crippen molar-refractivity contribution in [3.05, 3.63) is 41.9 Å². The van der Waals surface area contributed by atoms with Gasteiger partial charge in [0.05, 0.1) is 5.69 Å². The van der Waals surface area contributed by atoms with Gasteiger partial charge in [-0.3, -0.25) is 4.79 Å². The Hall–Kier alpha value is -2.63. The summed E-state index contributed by atoms with van der Waals surface area (Å²) in [5.41, 5.74) is 1.70. The molecule has 0 aliphatic rings. The van der Waals surface area contributed by atoms with Crippen molar-refractivity contribution >= 4 is 11.9 Å². The molecule has 6 nitrogen and oxygen atoms in total. The van der Waals surface area contributed by atoms with Gasteiger partial charge in [0.1, 0.15) is 6.04 Å². The summed E-state index contributed by atoms with van der Waals surface area (Å²) >= 11 is 0. The van der Waals surface area contributed by atoms with Gasteiger partial charge in [0.25, 0.3) is 0 Å². The first-order valence-electron chi connectivity index (χ1n) is 7.92.